The van der Waals surface area contributed by atoms with Crippen molar-refractivity contribution in [2.45, 2.75) is 52.1 Å². The number of nitrogens with zero attached hydrogens (tertiary/aromatic N) is 2. The van der Waals surface area contributed by atoms with E-state index in [0.717, 1.165) is 25.7 Å². The summed E-state index contributed by atoms with van der Waals surface area (Å²) in [6.45, 7) is 7.54. The van der Waals surface area contributed by atoms with Crippen LogP contribution < -0.4 is 10.1 Å². The highest BCUT2D eigenvalue weighted by molar-refractivity contribution is 5.37. The largest absolute Gasteiger partial charge is 0.478 e. The van der Waals surface area contributed by atoms with Crippen molar-refractivity contribution < 1.29 is 9.84 Å². The van der Waals surface area contributed by atoms with Gasteiger partial charge in [-0.05, 0) is 38.0 Å². The summed E-state index contributed by atoms with van der Waals surface area (Å²) < 4.78 is 5.34. The first kappa shape index (κ1) is 15.0. The Kier molecular flexibility index (Phi) is 4.48. The zero-order chi connectivity index (χ0) is 14.6. The topological polar surface area (TPSA) is 67.3 Å². The Labute approximate surface area is 120 Å². The van der Waals surface area contributed by atoms with Gasteiger partial charge in [-0.2, -0.15) is 0 Å². The molecule has 0 aliphatic heterocycles. The number of anilines is 1. The van der Waals surface area contributed by atoms with Crippen LogP contribution in [0.5, 0.6) is 5.88 Å². The van der Waals surface area contributed by atoms with Crippen LogP contribution in [0.1, 0.15) is 46.5 Å². The minimum Gasteiger partial charge on any atom is -0.478 e. The molecule has 0 bridgehead atoms. The average Bonchev–Trinajstić information content (AvgIpc) is 2.42. The molecule has 2 N–H and O–H groups in total. The van der Waals surface area contributed by atoms with Gasteiger partial charge in [-0.3, -0.25) is 0 Å². The SMILES string of the molecule is CCOc1cc(NCC2(O)CCC(C)(C)CC2)ncn1. The zero-order valence-corrected chi connectivity index (χ0v) is 12.6. The fourth-order valence-corrected chi connectivity index (χ4v) is 2.49. The summed E-state index contributed by atoms with van der Waals surface area (Å²) in [5.74, 6) is 1.25. The first-order chi connectivity index (χ1) is 9.42. The molecule has 1 saturated carbocycles. The molecule has 5 nitrogen and oxygen atoms in total. The third-order valence-electron chi connectivity index (χ3n) is 4.07. The second kappa shape index (κ2) is 5.95. The molecule has 1 aliphatic rings. The molecule has 1 fully saturated rings. The lowest BCUT2D eigenvalue weighted by atomic mass is 9.71. The first-order valence-corrected chi connectivity index (χ1v) is 7.34. The first-order valence-electron chi connectivity index (χ1n) is 7.34. The molecule has 0 saturated heterocycles. The molecule has 0 amide bonds. The number of nitrogens with one attached hydrogen (secondary N) is 1. The summed E-state index contributed by atoms with van der Waals surface area (Å²) in [5, 5.41) is 13.8. The van der Waals surface area contributed by atoms with Gasteiger partial charge in [0.05, 0.1) is 12.2 Å². The molecular weight excluding hydrogens is 254 g/mol. The van der Waals surface area contributed by atoms with Gasteiger partial charge in [0.1, 0.15) is 12.1 Å². The van der Waals surface area contributed by atoms with E-state index in [0.29, 0.717) is 30.3 Å². The normalized spacial score (nSPS) is 20.4. The van der Waals surface area contributed by atoms with Gasteiger partial charge < -0.3 is 15.2 Å². The molecule has 0 spiro atoms. The van der Waals surface area contributed by atoms with Crippen LogP contribution >= 0.6 is 0 Å². The summed E-state index contributed by atoms with van der Waals surface area (Å²) in [6.07, 6.45) is 5.24. The lowest BCUT2D eigenvalue weighted by molar-refractivity contribution is -0.0145. The Morgan fingerprint density at radius 1 is 1.25 bits per heavy atom. The minimum absolute atomic E-state index is 0.350. The Balaban J connectivity index is 1.90. The summed E-state index contributed by atoms with van der Waals surface area (Å²) in [5.41, 5.74) is -0.282. The van der Waals surface area contributed by atoms with Crippen LogP contribution in [0.15, 0.2) is 12.4 Å². The fourth-order valence-electron chi connectivity index (χ4n) is 2.49. The van der Waals surface area contributed by atoms with Crippen LogP contribution in [0.3, 0.4) is 0 Å². The molecule has 1 heterocycles. The van der Waals surface area contributed by atoms with Crippen LogP contribution in [0, 0.1) is 5.41 Å². The molecule has 5 heteroatoms. The average molecular weight is 279 g/mol. The van der Waals surface area contributed by atoms with E-state index in [1.165, 1.54) is 6.33 Å². The predicted octanol–water partition coefficient (Wildman–Crippen LogP) is 2.62. The number of aliphatic hydroxyl groups is 1. The molecule has 0 aromatic carbocycles. The quantitative estimate of drug-likeness (QED) is 0.867. The Morgan fingerprint density at radius 2 is 1.95 bits per heavy atom. The standard InChI is InChI=1S/C15H25N3O2/c1-4-20-13-9-12(17-11-18-13)16-10-15(19)7-5-14(2,3)6-8-15/h9,11,19H,4-8,10H2,1-3H3,(H,16,17,18). The maximum absolute atomic E-state index is 10.6. The molecular formula is C15H25N3O2. The molecule has 1 aromatic rings. The van der Waals surface area contributed by atoms with Gasteiger partial charge in [0.2, 0.25) is 5.88 Å². The monoisotopic (exact) mass is 279 g/mol. The Morgan fingerprint density at radius 3 is 2.60 bits per heavy atom. The molecule has 1 aromatic heterocycles. The molecule has 20 heavy (non-hydrogen) atoms. The van der Waals surface area contributed by atoms with E-state index in [9.17, 15) is 5.11 Å². The van der Waals surface area contributed by atoms with Crippen molar-refractivity contribution in [3.8, 4) is 5.88 Å². The maximum Gasteiger partial charge on any atom is 0.218 e. The van der Waals surface area contributed by atoms with Crippen LogP contribution in [-0.2, 0) is 0 Å². The van der Waals surface area contributed by atoms with E-state index in [1.54, 1.807) is 6.07 Å². The number of hydrogen-bond donors (Lipinski definition) is 2. The maximum atomic E-state index is 10.6. The molecule has 2 rings (SSSR count). The van der Waals surface area contributed by atoms with Crippen LogP contribution in [-0.4, -0.2) is 33.8 Å². The van der Waals surface area contributed by atoms with E-state index >= 15 is 0 Å². The minimum atomic E-state index is -0.633. The van der Waals surface area contributed by atoms with Crippen LogP contribution in [0.2, 0.25) is 0 Å². The van der Waals surface area contributed by atoms with Gasteiger partial charge in [-0.1, -0.05) is 13.8 Å². The smallest absolute Gasteiger partial charge is 0.218 e. The summed E-state index contributed by atoms with van der Waals surface area (Å²) in [7, 11) is 0. The van der Waals surface area contributed by atoms with Gasteiger partial charge in [0.25, 0.3) is 0 Å². The lowest BCUT2D eigenvalue weighted by Crippen LogP contribution is -2.42. The Hall–Kier alpha value is -1.36. The van der Waals surface area contributed by atoms with Crippen molar-refractivity contribution in [1.29, 1.82) is 0 Å². The van der Waals surface area contributed by atoms with Crippen molar-refractivity contribution in [2.75, 3.05) is 18.5 Å². The van der Waals surface area contributed by atoms with Crippen molar-refractivity contribution in [3.63, 3.8) is 0 Å². The molecule has 1 aliphatic carbocycles. The van der Waals surface area contributed by atoms with E-state index in [1.807, 2.05) is 6.92 Å². The molecule has 0 atom stereocenters. The third-order valence-corrected chi connectivity index (χ3v) is 4.07. The second-order valence-electron chi connectivity index (χ2n) is 6.42. The van der Waals surface area contributed by atoms with E-state index < -0.39 is 5.60 Å². The Bertz CT molecular complexity index is 438. The molecule has 0 radical (unpaired) electrons. The van der Waals surface area contributed by atoms with Crippen molar-refractivity contribution in [1.82, 2.24) is 9.97 Å². The summed E-state index contributed by atoms with van der Waals surface area (Å²) in [4.78, 5) is 8.18. The third kappa shape index (κ3) is 4.07. The highest BCUT2D eigenvalue weighted by atomic mass is 16.5. The zero-order valence-electron chi connectivity index (χ0n) is 12.6. The van der Waals surface area contributed by atoms with Crippen molar-refractivity contribution in [2.24, 2.45) is 5.41 Å². The van der Waals surface area contributed by atoms with Gasteiger partial charge in [0, 0.05) is 12.6 Å². The summed E-state index contributed by atoms with van der Waals surface area (Å²) >= 11 is 0. The van der Waals surface area contributed by atoms with Crippen LogP contribution in [0.4, 0.5) is 5.82 Å². The predicted molar refractivity (Wildman–Crippen MR) is 78.9 cm³/mol. The number of hydrogen-bond acceptors (Lipinski definition) is 5. The second-order valence-corrected chi connectivity index (χ2v) is 6.42. The van der Waals surface area contributed by atoms with Gasteiger partial charge >= 0.3 is 0 Å². The lowest BCUT2D eigenvalue weighted by Gasteiger charge is -2.40. The summed E-state index contributed by atoms with van der Waals surface area (Å²) in [6, 6.07) is 1.76. The van der Waals surface area contributed by atoms with Gasteiger partial charge in [0.15, 0.2) is 0 Å². The highest BCUT2D eigenvalue weighted by Crippen LogP contribution is 2.40. The number of ether oxygens (including phenoxy) is 1. The highest BCUT2D eigenvalue weighted by Gasteiger charge is 2.36. The number of aromatic nitrogens is 2. The van der Waals surface area contributed by atoms with Gasteiger partial charge in [-0.15, -0.1) is 0 Å². The van der Waals surface area contributed by atoms with E-state index in [2.05, 4.69) is 29.1 Å². The fraction of sp³-hybridized carbons (Fsp3) is 0.733. The van der Waals surface area contributed by atoms with Crippen molar-refractivity contribution >= 4 is 5.82 Å². The van der Waals surface area contributed by atoms with Gasteiger partial charge in [-0.25, -0.2) is 9.97 Å². The molecule has 0 unspecified atom stereocenters. The van der Waals surface area contributed by atoms with Crippen molar-refractivity contribution in [3.05, 3.63) is 12.4 Å². The molecule has 112 valence electrons. The van der Waals surface area contributed by atoms with E-state index in [-0.39, 0.29) is 0 Å². The van der Waals surface area contributed by atoms with E-state index in [4.69, 9.17) is 4.74 Å². The number of rotatable bonds is 5. The van der Waals surface area contributed by atoms with Crippen LogP contribution in [0.25, 0.3) is 0 Å².